The van der Waals surface area contributed by atoms with Gasteiger partial charge in [0.05, 0.1) is 17.8 Å². The highest BCUT2D eigenvalue weighted by molar-refractivity contribution is 5.81. The summed E-state index contributed by atoms with van der Waals surface area (Å²) in [7, 11) is 0. The Morgan fingerprint density at radius 3 is 2.53 bits per heavy atom. The van der Waals surface area contributed by atoms with Crippen molar-refractivity contribution in [1.29, 1.82) is 0 Å². The van der Waals surface area contributed by atoms with Gasteiger partial charge in [0.1, 0.15) is 5.82 Å². The van der Waals surface area contributed by atoms with Gasteiger partial charge in [-0.2, -0.15) is 5.10 Å². The standard InChI is InChI=1S/C15H14FN3/c16-12-7-5-11(6-8-12)10-19-15-4-2-1-3-13(15)14(9-17)18-19/h1-8H,9-10,17H2. The van der Waals surface area contributed by atoms with E-state index in [0.717, 1.165) is 22.2 Å². The molecule has 0 bridgehead atoms. The number of benzene rings is 2. The lowest BCUT2D eigenvalue weighted by molar-refractivity contribution is 0.625. The number of para-hydroxylation sites is 1. The second-order valence-corrected chi connectivity index (χ2v) is 4.45. The Balaban J connectivity index is 2.03. The maximum Gasteiger partial charge on any atom is 0.123 e. The Morgan fingerprint density at radius 1 is 1.05 bits per heavy atom. The highest BCUT2D eigenvalue weighted by Gasteiger charge is 2.08. The second kappa shape index (κ2) is 4.82. The molecule has 3 nitrogen and oxygen atoms in total. The van der Waals surface area contributed by atoms with E-state index in [9.17, 15) is 4.39 Å². The largest absolute Gasteiger partial charge is 0.325 e. The first kappa shape index (κ1) is 11.9. The normalized spacial score (nSPS) is 11.1. The molecule has 0 unspecified atom stereocenters. The van der Waals surface area contributed by atoms with Gasteiger partial charge in [0.25, 0.3) is 0 Å². The topological polar surface area (TPSA) is 43.8 Å². The number of rotatable bonds is 3. The summed E-state index contributed by atoms with van der Waals surface area (Å²) in [4.78, 5) is 0. The van der Waals surface area contributed by atoms with E-state index in [1.165, 1.54) is 12.1 Å². The van der Waals surface area contributed by atoms with Crippen molar-refractivity contribution in [3.05, 3.63) is 65.6 Å². The molecule has 4 heteroatoms. The molecule has 2 aromatic carbocycles. The van der Waals surface area contributed by atoms with Crippen LogP contribution in [0.3, 0.4) is 0 Å². The summed E-state index contributed by atoms with van der Waals surface area (Å²) in [5.41, 5.74) is 8.66. The third-order valence-electron chi connectivity index (χ3n) is 3.17. The number of aromatic nitrogens is 2. The molecule has 0 aliphatic rings. The molecule has 1 heterocycles. The zero-order chi connectivity index (χ0) is 13.2. The SMILES string of the molecule is NCc1nn(Cc2ccc(F)cc2)c2ccccc12. The second-order valence-electron chi connectivity index (χ2n) is 4.45. The third-order valence-corrected chi connectivity index (χ3v) is 3.17. The molecule has 0 aliphatic carbocycles. The molecular formula is C15H14FN3. The van der Waals surface area contributed by atoms with E-state index in [1.54, 1.807) is 12.1 Å². The quantitative estimate of drug-likeness (QED) is 0.782. The zero-order valence-electron chi connectivity index (χ0n) is 10.4. The van der Waals surface area contributed by atoms with Crippen molar-refractivity contribution in [3.8, 4) is 0 Å². The van der Waals surface area contributed by atoms with Crippen molar-refractivity contribution >= 4 is 10.9 Å². The van der Waals surface area contributed by atoms with Gasteiger partial charge in [-0.05, 0) is 23.8 Å². The van der Waals surface area contributed by atoms with Crippen molar-refractivity contribution < 1.29 is 4.39 Å². The summed E-state index contributed by atoms with van der Waals surface area (Å²) in [5, 5.41) is 5.60. The van der Waals surface area contributed by atoms with E-state index in [2.05, 4.69) is 5.10 Å². The van der Waals surface area contributed by atoms with E-state index < -0.39 is 0 Å². The van der Waals surface area contributed by atoms with Gasteiger partial charge >= 0.3 is 0 Å². The highest BCUT2D eigenvalue weighted by atomic mass is 19.1. The van der Waals surface area contributed by atoms with Crippen LogP contribution in [0, 0.1) is 5.82 Å². The van der Waals surface area contributed by atoms with E-state index >= 15 is 0 Å². The van der Waals surface area contributed by atoms with Crippen molar-refractivity contribution in [1.82, 2.24) is 9.78 Å². The number of hydrogen-bond acceptors (Lipinski definition) is 2. The van der Waals surface area contributed by atoms with Crippen LogP contribution in [-0.4, -0.2) is 9.78 Å². The smallest absolute Gasteiger partial charge is 0.123 e. The summed E-state index contributed by atoms with van der Waals surface area (Å²) in [6.07, 6.45) is 0. The van der Waals surface area contributed by atoms with Crippen LogP contribution >= 0.6 is 0 Å². The van der Waals surface area contributed by atoms with Crippen LogP contribution in [0.4, 0.5) is 4.39 Å². The van der Waals surface area contributed by atoms with Gasteiger partial charge in [-0.15, -0.1) is 0 Å². The third kappa shape index (κ3) is 2.22. The monoisotopic (exact) mass is 255 g/mol. The molecule has 1 aromatic heterocycles. The number of halogens is 1. The lowest BCUT2D eigenvalue weighted by atomic mass is 10.2. The summed E-state index contributed by atoms with van der Waals surface area (Å²) in [5.74, 6) is -0.225. The van der Waals surface area contributed by atoms with Crippen LogP contribution in [0.1, 0.15) is 11.3 Å². The highest BCUT2D eigenvalue weighted by Crippen LogP contribution is 2.19. The molecule has 0 spiro atoms. The van der Waals surface area contributed by atoms with Gasteiger partial charge in [-0.3, -0.25) is 4.68 Å². The number of fused-ring (bicyclic) bond motifs is 1. The summed E-state index contributed by atoms with van der Waals surface area (Å²) >= 11 is 0. The van der Waals surface area contributed by atoms with E-state index in [4.69, 9.17) is 5.73 Å². The minimum Gasteiger partial charge on any atom is -0.325 e. The molecule has 0 aliphatic heterocycles. The van der Waals surface area contributed by atoms with Crippen molar-refractivity contribution in [2.75, 3.05) is 0 Å². The molecule has 3 rings (SSSR count). The molecule has 0 radical (unpaired) electrons. The first-order valence-electron chi connectivity index (χ1n) is 6.17. The molecule has 0 saturated heterocycles. The fourth-order valence-corrected chi connectivity index (χ4v) is 2.23. The number of nitrogens with two attached hydrogens (primary N) is 1. The van der Waals surface area contributed by atoms with Crippen LogP contribution in [0.15, 0.2) is 48.5 Å². The average Bonchev–Trinajstić information content (AvgIpc) is 2.80. The molecule has 0 fully saturated rings. The number of nitrogens with zero attached hydrogens (tertiary/aromatic N) is 2. The number of hydrogen-bond donors (Lipinski definition) is 1. The Labute approximate surface area is 110 Å². The summed E-state index contributed by atoms with van der Waals surface area (Å²) in [6.45, 7) is 1.03. The van der Waals surface area contributed by atoms with Gasteiger partial charge < -0.3 is 5.73 Å². The predicted octanol–water partition coefficient (Wildman–Crippen LogP) is 2.68. The molecule has 0 saturated carbocycles. The minimum absolute atomic E-state index is 0.225. The van der Waals surface area contributed by atoms with Crippen LogP contribution in [0.5, 0.6) is 0 Å². The van der Waals surface area contributed by atoms with Crippen molar-refractivity contribution in [2.45, 2.75) is 13.1 Å². The minimum atomic E-state index is -0.225. The fraction of sp³-hybridized carbons (Fsp3) is 0.133. The lowest BCUT2D eigenvalue weighted by Gasteiger charge is -2.03. The molecule has 2 N–H and O–H groups in total. The molecule has 3 aromatic rings. The summed E-state index contributed by atoms with van der Waals surface area (Å²) in [6, 6.07) is 14.5. The summed E-state index contributed by atoms with van der Waals surface area (Å²) < 4.78 is 14.8. The maximum atomic E-state index is 12.9. The van der Waals surface area contributed by atoms with Crippen LogP contribution < -0.4 is 5.73 Å². The first-order chi connectivity index (χ1) is 9.28. The maximum absolute atomic E-state index is 12.9. The van der Waals surface area contributed by atoms with Crippen LogP contribution in [0.25, 0.3) is 10.9 Å². The van der Waals surface area contributed by atoms with Gasteiger partial charge in [0, 0.05) is 11.9 Å². The van der Waals surface area contributed by atoms with Crippen molar-refractivity contribution in [2.24, 2.45) is 5.73 Å². The molecular weight excluding hydrogens is 241 g/mol. The molecule has 0 amide bonds. The lowest BCUT2D eigenvalue weighted by Crippen LogP contribution is -2.04. The van der Waals surface area contributed by atoms with E-state index in [0.29, 0.717) is 13.1 Å². The Kier molecular flexibility index (Phi) is 3.01. The average molecular weight is 255 g/mol. The van der Waals surface area contributed by atoms with E-state index in [1.807, 2.05) is 28.9 Å². The zero-order valence-corrected chi connectivity index (χ0v) is 10.4. The first-order valence-corrected chi connectivity index (χ1v) is 6.17. The van der Waals surface area contributed by atoms with Gasteiger partial charge in [0.2, 0.25) is 0 Å². The molecule has 0 atom stereocenters. The van der Waals surface area contributed by atoms with Crippen LogP contribution in [0.2, 0.25) is 0 Å². The predicted molar refractivity (Wildman–Crippen MR) is 73.1 cm³/mol. The van der Waals surface area contributed by atoms with Gasteiger partial charge in [0.15, 0.2) is 0 Å². The Morgan fingerprint density at radius 2 is 1.79 bits per heavy atom. The fourth-order valence-electron chi connectivity index (χ4n) is 2.23. The molecule has 96 valence electrons. The Bertz CT molecular complexity index is 701. The van der Waals surface area contributed by atoms with Crippen LogP contribution in [-0.2, 0) is 13.1 Å². The van der Waals surface area contributed by atoms with Gasteiger partial charge in [-0.25, -0.2) is 4.39 Å². The van der Waals surface area contributed by atoms with Gasteiger partial charge in [-0.1, -0.05) is 30.3 Å². The van der Waals surface area contributed by atoms with Crippen molar-refractivity contribution in [3.63, 3.8) is 0 Å². The Hall–Kier alpha value is -2.20. The molecule has 19 heavy (non-hydrogen) atoms. The van der Waals surface area contributed by atoms with E-state index in [-0.39, 0.29) is 5.82 Å².